The highest BCUT2D eigenvalue weighted by Gasteiger charge is 2.42. The van der Waals surface area contributed by atoms with Crippen LogP contribution in [0.15, 0.2) is 11.1 Å². The van der Waals surface area contributed by atoms with Crippen LogP contribution in [0, 0.1) is 12.8 Å². The molecule has 0 saturated carbocycles. The van der Waals surface area contributed by atoms with E-state index in [1.54, 1.807) is 13.8 Å². The van der Waals surface area contributed by atoms with E-state index >= 15 is 0 Å². The lowest BCUT2D eigenvalue weighted by atomic mass is 10.0. The van der Waals surface area contributed by atoms with Crippen molar-refractivity contribution in [1.29, 1.82) is 0 Å². The summed E-state index contributed by atoms with van der Waals surface area (Å²) in [6.07, 6.45) is -0.533. The van der Waals surface area contributed by atoms with Crippen molar-refractivity contribution in [2.75, 3.05) is 6.61 Å². The Kier molecular flexibility index (Phi) is 4.99. The quantitative estimate of drug-likeness (QED) is 0.646. The van der Waals surface area contributed by atoms with Gasteiger partial charge in [-0.15, -0.1) is 0 Å². The van der Waals surface area contributed by atoms with E-state index < -0.39 is 18.4 Å². The van der Waals surface area contributed by atoms with Gasteiger partial charge in [0.25, 0.3) is 5.56 Å². The number of hydrogen-bond acceptors (Lipinski definition) is 6. The predicted molar refractivity (Wildman–Crippen MR) is 80.7 cm³/mol. The van der Waals surface area contributed by atoms with Crippen LogP contribution in [0.1, 0.15) is 19.0 Å². The minimum Gasteiger partial charge on any atom is -0.394 e. The molecule has 0 amide bonds. The van der Waals surface area contributed by atoms with Gasteiger partial charge in [-0.25, -0.2) is 9.97 Å². The molecular weight excluding hydrogens is 287 g/mol. The molecule has 1 saturated heterocycles. The fourth-order valence-electron chi connectivity index (χ4n) is 2.52. The third-order valence-corrected chi connectivity index (χ3v) is 3.74. The van der Waals surface area contributed by atoms with E-state index in [1.807, 2.05) is 0 Å². The van der Waals surface area contributed by atoms with Crippen LogP contribution in [0.5, 0.6) is 0 Å². The normalized spacial score (nSPS) is 27.7. The summed E-state index contributed by atoms with van der Waals surface area (Å²) in [4.78, 5) is 22.6. The SMILES string of the molecule is Cc1nc2c(ncn2[C@@H]2O[C@H](CO)[C@H](C)C2O)c(=O)[nH]1.[B]C. The Hall–Kier alpha value is -1.71. The van der Waals surface area contributed by atoms with Gasteiger partial charge in [-0.05, 0) is 6.92 Å². The summed E-state index contributed by atoms with van der Waals surface area (Å²) < 4.78 is 7.17. The number of rotatable bonds is 2. The number of aliphatic hydroxyl groups excluding tert-OH is 2. The van der Waals surface area contributed by atoms with Crippen molar-refractivity contribution in [3.63, 3.8) is 0 Å². The Morgan fingerprint density at radius 1 is 1.50 bits per heavy atom. The molecule has 0 bridgehead atoms. The van der Waals surface area contributed by atoms with Crippen LogP contribution in [0.2, 0.25) is 6.82 Å². The van der Waals surface area contributed by atoms with Crippen LogP contribution in [0.3, 0.4) is 0 Å². The molecule has 0 spiro atoms. The molecule has 1 fully saturated rings. The zero-order valence-corrected chi connectivity index (χ0v) is 12.7. The van der Waals surface area contributed by atoms with Crippen molar-refractivity contribution >= 4 is 19.0 Å². The Balaban J connectivity index is 0.000000847. The van der Waals surface area contributed by atoms with Crippen LogP contribution in [0.25, 0.3) is 11.2 Å². The average molecular weight is 306 g/mol. The highest BCUT2D eigenvalue weighted by molar-refractivity contribution is 6.05. The van der Waals surface area contributed by atoms with E-state index in [0.29, 0.717) is 11.5 Å². The van der Waals surface area contributed by atoms with Gasteiger partial charge in [0.05, 0.1) is 26.9 Å². The summed E-state index contributed by atoms with van der Waals surface area (Å²) in [5, 5.41) is 19.5. The second-order valence-electron chi connectivity index (χ2n) is 5.07. The molecule has 118 valence electrons. The van der Waals surface area contributed by atoms with Gasteiger partial charge in [0.1, 0.15) is 11.9 Å². The van der Waals surface area contributed by atoms with E-state index in [9.17, 15) is 15.0 Å². The minimum atomic E-state index is -0.800. The first-order chi connectivity index (χ1) is 10.5. The number of aromatic nitrogens is 4. The topological polar surface area (TPSA) is 113 Å². The standard InChI is InChI=1S/C12H16N4O4.CH3B/c1-5-7(3-17)20-12(9(5)18)16-4-13-8-10(16)14-6(2)15-11(8)19;1-2/h4-5,7,9,12,17-18H,3H2,1-2H3,(H,14,15,19);1H3/t5-,7+,9?,12+;/m0./s1. The van der Waals surface area contributed by atoms with Crippen LogP contribution >= 0.6 is 0 Å². The van der Waals surface area contributed by atoms with Gasteiger partial charge in [0, 0.05) is 5.92 Å². The third-order valence-electron chi connectivity index (χ3n) is 3.74. The van der Waals surface area contributed by atoms with E-state index in [-0.39, 0.29) is 23.6 Å². The van der Waals surface area contributed by atoms with Gasteiger partial charge in [-0.2, -0.15) is 0 Å². The summed E-state index contributed by atoms with van der Waals surface area (Å²) in [6, 6.07) is 0. The number of aliphatic hydroxyl groups is 2. The molecule has 0 aromatic carbocycles. The predicted octanol–water partition coefficient (Wildman–Crippen LogP) is -0.482. The summed E-state index contributed by atoms with van der Waals surface area (Å²) >= 11 is 0. The van der Waals surface area contributed by atoms with Gasteiger partial charge in [0.2, 0.25) is 0 Å². The zero-order valence-electron chi connectivity index (χ0n) is 12.7. The number of imidazole rings is 1. The molecule has 2 aromatic rings. The molecule has 3 N–H and O–H groups in total. The summed E-state index contributed by atoms with van der Waals surface area (Å²) in [5.41, 5.74) is 0.234. The molecule has 8 nitrogen and oxygen atoms in total. The van der Waals surface area contributed by atoms with Crippen LogP contribution < -0.4 is 5.56 Å². The Morgan fingerprint density at radius 2 is 2.18 bits per heavy atom. The maximum Gasteiger partial charge on any atom is 0.279 e. The maximum absolute atomic E-state index is 11.8. The molecule has 9 heteroatoms. The number of ether oxygens (including phenoxy) is 1. The third kappa shape index (κ3) is 2.67. The van der Waals surface area contributed by atoms with Crippen molar-refractivity contribution in [3.05, 3.63) is 22.5 Å². The lowest BCUT2D eigenvalue weighted by molar-refractivity contribution is -0.0491. The van der Waals surface area contributed by atoms with Gasteiger partial charge >= 0.3 is 0 Å². The first-order valence-electron chi connectivity index (χ1n) is 6.98. The lowest BCUT2D eigenvalue weighted by Crippen LogP contribution is -2.25. The molecule has 22 heavy (non-hydrogen) atoms. The molecule has 1 unspecified atom stereocenters. The maximum atomic E-state index is 11.8. The summed E-state index contributed by atoms with van der Waals surface area (Å²) in [7, 11) is 4.50. The van der Waals surface area contributed by atoms with Gasteiger partial charge in [0.15, 0.2) is 17.4 Å². The number of H-pyrrole nitrogens is 1. The van der Waals surface area contributed by atoms with Gasteiger partial charge in [-0.1, -0.05) is 13.7 Å². The second-order valence-corrected chi connectivity index (χ2v) is 5.07. The molecule has 2 radical (unpaired) electrons. The largest absolute Gasteiger partial charge is 0.394 e. The molecule has 2 aromatic heterocycles. The molecule has 3 heterocycles. The monoisotopic (exact) mass is 306 g/mol. The average Bonchev–Trinajstić information content (AvgIpc) is 3.04. The van der Waals surface area contributed by atoms with Gasteiger partial charge in [-0.3, -0.25) is 9.36 Å². The van der Waals surface area contributed by atoms with Crippen LogP contribution in [-0.4, -0.2) is 56.4 Å². The molecule has 3 rings (SSSR count). The summed E-state index contributed by atoms with van der Waals surface area (Å²) in [6.45, 7) is 4.80. The smallest absolute Gasteiger partial charge is 0.279 e. The fourth-order valence-corrected chi connectivity index (χ4v) is 2.52. The molecule has 1 aliphatic rings. The van der Waals surface area contributed by atoms with Crippen molar-refractivity contribution < 1.29 is 14.9 Å². The second kappa shape index (κ2) is 6.59. The highest BCUT2D eigenvalue weighted by atomic mass is 16.5. The van der Waals surface area contributed by atoms with Gasteiger partial charge < -0.3 is 19.9 Å². The van der Waals surface area contributed by atoms with E-state index in [4.69, 9.17) is 4.74 Å². The number of nitrogens with zero attached hydrogens (tertiary/aromatic N) is 3. The minimum absolute atomic E-state index is 0.172. The van der Waals surface area contributed by atoms with Crippen molar-refractivity contribution in [3.8, 4) is 0 Å². The molecule has 1 aliphatic heterocycles. The number of aryl methyl sites for hydroxylation is 1. The fraction of sp³-hybridized carbons (Fsp3) is 0.615. The Labute approximate surface area is 128 Å². The van der Waals surface area contributed by atoms with Crippen molar-refractivity contribution in [1.82, 2.24) is 19.5 Å². The van der Waals surface area contributed by atoms with E-state index in [2.05, 4.69) is 22.8 Å². The van der Waals surface area contributed by atoms with Crippen LogP contribution in [-0.2, 0) is 4.74 Å². The van der Waals surface area contributed by atoms with Crippen LogP contribution in [0.4, 0.5) is 0 Å². The number of aromatic amines is 1. The Bertz CT molecular complexity index is 701. The molecule has 4 atom stereocenters. The van der Waals surface area contributed by atoms with E-state index in [0.717, 1.165) is 0 Å². The lowest BCUT2D eigenvalue weighted by Gasteiger charge is -2.16. The zero-order chi connectivity index (χ0) is 16.4. The first-order valence-corrected chi connectivity index (χ1v) is 6.98. The van der Waals surface area contributed by atoms with E-state index in [1.165, 1.54) is 17.7 Å². The molecule has 0 aliphatic carbocycles. The first kappa shape index (κ1) is 16.7. The summed E-state index contributed by atoms with van der Waals surface area (Å²) in [5.74, 6) is 0.244. The highest BCUT2D eigenvalue weighted by Crippen LogP contribution is 2.34. The number of hydrogen-bond donors (Lipinski definition) is 3. The number of nitrogens with one attached hydrogen (secondary N) is 1. The molecular formula is C13H19BN4O4. The Morgan fingerprint density at radius 3 is 2.77 bits per heavy atom. The van der Waals surface area contributed by atoms with Crippen molar-refractivity contribution in [2.24, 2.45) is 5.92 Å². The van der Waals surface area contributed by atoms with Crippen molar-refractivity contribution in [2.45, 2.75) is 39.1 Å². The number of fused-ring (bicyclic) bond motifs is 1.